The fourth-order valence-electron chi connectivity index (χ4n) is 0.631. The third-order valence-corrected chi connectivity index (χ3v) is 1.16. The van der Waals surface area contributed by atoms with Gasteiger partial charge in [-0.1, -0.05) is 0 Å². The van der Waals surface area contributed by atoms with E-state index in [0.717, 1.165) is 0 Å². The minimum absolute atomic E-state index is 0.310. The largest absolute Gasteiger partial charge is 0.198 e. The van der Waals surface area contributed by atoms with Crippen LogP contribution in [-0.4, -0.2) is 12.6 Å². The first kappa shape index (κ1) is 5.71. The Hall–Kier alpha value is -1.42. The number of nitrogens with zero attached hydrogens (tertiary/aromatic N) is 4. The van der Waals surface area contributed by atoms with Crippen molar-refractivity contribution in [1.82, 2.24) is 0 Å². The maximum atomic E-state index is 8.35. The summed E-state index contributed by atoms with van der Waals surface area (Å²) in [6.07, 6.45) is 0. The van der Waals surface area contributed by atoms with E-state index in [4.69, 9.17) is 10.5 Å². The van der Waals surface area contributed by atoms with E-state index in [1.165, 1.54) is 0 Å². The maximum absolute atomic E-state index is 8.35. The zero-order valence-corrected chi connectivity index (χ0v) is 4.65. The van der Waals surface area contributed by atoms with Gasteiger partial charge in [-0.05, 0) is 0 Å². The molecule has 0 fully saturated rings. The van der Waals surface area contributed by atoms with E-state index in [1.54, 1.807) is 0 Å². The van der Waals surface area contributed by atoms with Crippen LogP contribution in [0.15, 0.2) is 10.2 Å². The highest BCUT2D eigenvalue weighted by atomic mass is 15.2. The van der Waals surface area contributed by atoms with E-state index in [1.807, 2.05) is 12.1 Å². The smallest absolute Gasteiger partial charge is 0.174 e. The van der Waals surface area contributed by atoms with Crippen molar-refractivity contribution in [2.45, 2.75) is 6.04 Å². The molecule has 2 atom stereocenters. The van der Waals surface area contributed by atoms with Crippen molar-refractivity contribution in [2.75, 3.05) is 6.54 Å². The van der Waals surface area contributed by atoms with Crippen molar-refractivity contribution in [3.05, 3.63) is 0 Å². The Kier molecular flexibility index (Phi) is 1.42. The molecule has 1 aliphatic rings. The van der Waals surface area contributed by atoms with E-state index in [9.17, 15) is 0 Å². The van der Waals surface area contributed by atoms with Gasteiger partial charge in [0.1, 0.15) is 5.92 Å². The Bertz CT molecular complexity index is 206. The molecule has 0 aromatic rings. The SMILES string of the molecule is N#CC1CN=NC1C#N. The van der Waals surface area contributed by atoms with Gasteiger partial charge in [-0.15, -0.1) is 0 Å². The molecule has 0 spiro atoms. The van der Waals surface area contributed by atoms with Gasteiger partial charge < -0.3 is 0 Å². The zero-order chi connectivity index (χ0) is 6.69. The molecule has 0 aliphatic carbocycles. The molecule has 4 nitrogen and oxygen atoms in total. The second-order valence-corrected chi connectivity index (χ2v) is 1.75. The summed E-state index contributed by atoms with van der Waals surface area (Å²) in [5.41, 5.74) is 0. The zero-order valence-electron chi connectivity index (χ0n) is 4.65. The molecule has 0 radical (unpaired) electrons. The predicted octanol–water partition coefficient (Wildman–Crippen LogP) is 0.484. The van der Waals surface area contributed by atoms with Gasteiger partial charge in [0.15, 0.2) is 6.04 Å². The Balaban J connectivity index is 2.65. The third kappa shape index (κ3) is 0.872. The molecule has 0 amide bonds. The van der Waals surface area contributed by atoms with Crippen LogP contribution in [0.4, 0.5) is 0 Å². The average Bonchev–Trinajstić information content (AvgIpc) is 2.33. The summed E-state index contributed by atoms with van der Waals surface area (Å²) in [6.45, 7) is 0.384. The molecule has 1 heterocycles. The Morgan fingerprint density at radius 1 is 1.33 bits per heavy atom. The molecule has 0 N–H and O–H groups in total. The van der Waals surface area contributed by atoms with Crippen molar-refractivity contribution in [3.8, 4) is 12.1 Å². The third-order valence-electron chi connectivity index (χ3n) is 1.16. The first-order chi connectivity index (χ1) is 4.38. The molecule has 0 saturated heterocycles. The lowest BCUT2D eigenvalue weighted by atomic mass is 10.1. The molecule has 44 valence electrons. The molecule has 4 heteroatoms. The first-order valence-corrected chi connectivity index (χ1v) is 2.54. The summed E-state index contributed by atoms with van der Waals surface area (Å²) in [6, 6.07) is 3.32. The van der Waals surface area contributed by atoms with E-state index in [0.29, 0.717) is 6.54 Å². The topological polar surface area (TPSA) is 72.3 Å². The summed E-state index contributed by atoms with van der Waals surface area (Å²) >= 11 is 0. The van der Waals surface area contributed by atoms with E-state index < -0.39 is 6.04 Å². The summed E-state index contributed by atoms with van der Waals surface area (Å²) < 4.78 is 0. The van der Waals surface area contributed by atoms with Crippen LogP contribution in [0, 0.1) is 28.6 Å². The molecular weight excluding hydrogens is 116 g/mol. The van der Waals surface area contributed by atoms with Crippen LogP contribution < -0.4 is 0 Å². The fraction of sp³-hybridized carbons (Fsp3) is 0.600. The molecule has 1 aliphatic heterocycles. The molecule has 9 heavy (non-hydrogen) atoms. The number of azo groups is 1. The van der Waals surface area contributed by atoms with Crippen LogP contribution in [0.3, 0.4) is 0 Å². The number of nitriles is 2. The van der Waals surface area contributed by atoms with Crippen molar-refractivity contribution < 1.29 is 0 Å². The molecule has 0 saturated carbocycles. The summed E-state index contributed by atoms with van der Waals surface area (Å²) in [4.78, 5) is 0. The summed E-state index contributed by atoms with van der Waals surface area (Å²) in [7, 11) is 0. The minimum Gasteiger partial charge on any atom is -0.198 e. The van der Waals surface area contributed by atoms with Crippen molar-refractivity contribution in [1.29, 1.82) is 10.5 Å². The molecule has 0 aromatic heterocycles. The van der Waals surface area contributed by atoms with Crippen LogP contribution >= 0.6 is 0 Å². The van der Waals surface area contributed by atoms with Gasteiger partial charge in [0.2, 0.25) is 0 Å². The van der Waals surface area contributed by atoms with E-state index in [-0.39, 0.29) is 5.92 Å². The lowest BCUT2D eigenvalue weighted by molar-refractivity contribution is 0.690. The van der Waals surface area contributed by atoms with E-state index >= 15 is 0 Å². The van der Waals surface area contributed by atoms with Crippen LogP contribution in [0.1, 0.15) is 0 Å². The molecule has 0 bridgehead atoms. The normalized spacial score (nSPS) is 31.3. The van der Waals surface area contributed by atoms with Gasteiger partial charge in [-0.2, -0.15) is 20.8 Å². The molecule has 2 unspecified atom stereocenters. The van der Waals surface area contributed by atoms with Crippen LogP contribution in [-0.2, 0) is 0 Å². The molecular formula is C5H4N4. The van der Waals surface area contributed by atoms with Gasteiger partial charge in [0, 0.05) is 0 Å². The Morgan fingerprint density at radius 3 is 2.56 bits per heavy atom. The quantitative estimate of drug-likeness (QED) is 0.466. The first-order valence-electron chi connectivity index (χ1n) is 2.54. The van der Waals surface area contributed by atoms with Gasteiger partial charge in [-0.3, -0.25) is 0 Å². The monoisotopic (exact) mass is 120 g/mol. The fourth-order valence-corrected chi connectivity index (χ4v) is 0.631. The maximum Gasteiger partial charge on any atom is 0.174 e. The van der Waals surface area contributed by atoms with Crippen LogP contribution in [0.2, 0.25) is 0 Å². The highest BCUT2D eigenvalue weighted by molar-refractivity contribution is 5.06. The van der Waals surface area contributed by atoms with Crippen molar-refractivity contribution in [3.63, 3.8) is 0 Å². The van der Waals surface area contributed by atoms with Crippen LogP contribution in [0.25, 0.3) is 0 Å². The van der Waals surface area contributed by atoms with Gasteiger partial charge in [0.25, 0.3) is 0 Å². The number of hydrogen-bond donors (Lipinski definition) is 0. The second kappa shape index (κ2) is 2.23. The Labute approximate surface area is 52.4 Å². The van der Waals surface area contributed by atoms with Gasteiger partial charge >= 0.3 is 0 Å². The highest BCUT2D eigenvalue weighted by Crippen LogP contribution is 2.13. The predicted molar refractivity (Wildman–Crippen MR) is 28.2 cm³/mol. The summed E-state index contributed by atoms with van der Waals surface area (Å²) in [5, 5.41) is 23.8. The lowest BCUT2D eigenvalue weighted by Gasteiger charge is -1.94. The Morgan fingerprint density at radius 2 is 2.11 bits per heavy atom. The average molecular weight is 120 g/mol. The number of hydrogen-bond acceptors (Lipinski definition) is 4. The van der Waals surface area contributed by atoms with Gasteiger partial charge in [-0.25, -0.2) is 0 Å². The lowest BCUT2D eigenvalue weighted by Crippen LogP contribution is -2.11. The van der Waals surface area contributed by atoms with Crippen molar-refractivity contribution in [2.24, 2.45) is 16.1 Å². The minimum atomic E-state index is -0.519. The van der Waals surface area contributed by atoms with Crippen LogP contribution in [0.5, 0.6) is 0 Å². The van der Waals surface area contributed by atoms with Crippen molar-refractivity contribution >= 4 is 0 Å². The standard InChI is InChI=1S/C5H4N4/c6-1-4-3-8-9-5(4)2-7/h4-5H,3H2. The van der Waals surface area contributed by atoms with Gasteiger partial charge in [0.05, 0.1) is 18.7 Å². The second-order valence-electron chi connectivity index (χ2n) is 1.75. The summed E-state index contributed by atoms with van der Waals surface area (Å²) in [5.74, 6) is -0.310. The molecule has 1 rings (SSSR count). The van der Waals surface area contributed by atoms with E-state index in [2.05, 4.69) is 10.2 Å². The highest BCUT2D eigenvalue weighted by Gasteiger charge is 2.24. The number of rotatable bonds is 0. The molecule has 0 aromatic carbocycles.